The van der Waals surface area contributed by atoms with Gasteiger partial charge in [-0.3, -0.25) is 9.59 Å². The lowest BCUT2D eigenvalue weighted by Gasteiger charge is -2.29. The zero-order valence-electron chi connectivity index (χ0n) is 16.0. The highest BCUT2D eigenvalue weighted by atomic mass is 35.5. The van der Waals surface area contributed by atoms with Gasteiger partial charge in [0.15, 0.2) is 0 Å². The van der Waals surface area contributed by atoms with Crippen LogP contribution in [0.5, 0.6) is 5.75 Å². The number of methoxy groups -OCH3 is 1. The van der Waals surface area contributed by atoms with Crippen LogP contribution in [0.4, 0.5) is 5.69 Å². The maximum atomic E-state index is 13.5. The van der Waals surface area contributed by atoms with Crippen molar-refractivity contribution in [1.29, 1.82) is 0 Å². The first-order valence-corrected chi connectivity index (χ1v) is 10.2. The molecule has 150 valence electrons. The normalized spacial score (nSPS) is 17.3. The van der Waals surface area contributed by atoms with Crippen LogP contribution in [0.15, 0.2) is 48.2 Å². The van der Waals surface area contributed by atoms with Crippen LogP contribution in [0.2, 0.25) is 10.0 Å². The molecule has 0 radical (unpaired) electrons. The van der Waals surface area contributed by atoms with Gasteiger partial charge in [0.05, 0.1) is 23.4 Å². The summed E-state index contributed by atoms with van der Waals surface area (Å²) in [6, 6.07) is 11.9. The predicted molar refractivity (Wildman–Crippen MR) is 114 cm³/mol. The molecule has 5 nitrogen and oxygen atoms in total. The summed E-state index contributed by atoms with van der Waals surface area (Å²) in [4.78, 5) is 30.2. The van der Waals surface area contributed by atoms with E-state index in [1.165, 1.54) is 4.90 Å². The highest BCUT2D eigenvalue weighted by molar-refractivity contribution is 6.47. The van der Waals surface area contributed by atoms with E-state index in [1.807, 2.05) is 4.90 Å². The number of anilines is 1. The molecule has 1 fully saturated rings. The zero-order valence-corrected chi connectivity index (χ0v) is 17.5. The van der Waals surface area contributed by atoms with E-state index in [0.717, 1.165) is 32.4 Å². The van der Waals surface area contributed by atoms with Gasteiger partial charge in [-0.2, -0.15) is 0 Å². The van der Waals surface area contributed by atoms with Crippen LogP contribution < -0.4 is 9.64 Å². The van der Waals surface area contributed by atoms with Gasteiger partial charge in [0.1, 0.15) is 11.4 Å². The molecule has 0 bridgehead atoms. The fraction of sp³-hybridized carbons (Fsp3) is 0.273. The Balaban J connectivity index is 1.85. The first-order chi connectivity index (χ1) is 14.0. The molecule has 4 rings (SSSR count). The molecule has 7 heteroatoms. The maximum absolute atomic E-state index is 13.5. The maximum Gasteiger partial charge on any atom is 0.282 e. The van der Waals surface area contributed by atoms with Gasteiger partial charge < -0.3 is 9.64 Å². The van der Waals surface area contributed by atoms with Crippen LogP contribution in [-0.4, -0.2) is 36.9 Å². The van der Waals surface area contributed by atoms with Crippen molar-refractivity contribution in [2.75, 3.05) is 25.1 Å². The number of amides is 2. The van der Waals surface area contributed by atoms with Crippen LogP contribution in [-0.2, 0) is 9.59 Å². The van der Waals surface area contributed by atoms with E-state index in [9.17, 15) is 9.59 Å². The summed E-state index contributed by atoms with van der Waals surface area (Å²) >= 11 is 12.5. The average molecular weight is 431 g/mol. The topological polar surface area (TPSA) is 49.9 Å². The van der Waals surface area contributed by atoms with E-state index in [1.54, 1.807) is 49.6 Å². The van der Waals surface area contributed by atoms with Crippen LogP contribution in [0.1, 0.15) is 24.8 Å². The quantitative estimate of drug-likeness (QED) is 0.655. The van der Waals surface area contributed by atoms with Gasteiger partial charge in [-0.25, -0.2) is 4.90 Å². The van der Waals surface area contributed by atoms with Gasteiger partial charge in [0.25, 0.3) is 11.8 Å². The summed E-state index contributed by atoms with van der Waals surface area (Å²) in [7, 11) is 1.54. The number of likely N-dealkylation sites (tertiary alicyclic amines) is 1. The number of carbonyl (C=O) groups excluding carboxylic acids is 2. The third-order valence-electron chi connectivity index (χ3n) is 5.24. The van der Waals surface area contributed by atoms with Crippen molar-refractivity contribution in [3.63, 3.8) is 0 Å². The standard InChI is InChI=1S/C22H20Cl2N2O3/c1-29-16-7-5-6-15(13-16)26-21(27)19(17-9-8-14(23)12-18(17)24)20(22(26)28)25-10-3-2-4-11-25/h5-9,12-13H,2-4,10-11H2,1H3. The molecule has 1 saturated heterocycles. The molecule has 0 saturated carbocycles. The Bertz CT molecular complexity index is 1010. The van der Waals surface area contributed by atoms with Crippen molar-refractivity contribution in [3.8, 4) is 5.75 Å². The number of halogens is 2. The monoisotopic (exact) mass is 430 g/mol. The molecular weight excluding hydrogens is 411 g/mol. The lowest BCUT2D eigenvalue weighted by molar-refractivity contribution is -0.120. The number of hydrogen-bond donors (Lipinski definition) is 0. The number of piperidine rings is 1. The zero-order chi connectivity index (χ0) is 20.5. The largest absolute Gasteiger partial charge is 0.497 e. The number of carbonyl (C=O) groups is 2. The summed E-state index contributed by atoms with van der Waals surface area (Å²) in [6.07, 6.45) is 3.07. The summed E-state index contributed by atoms with van der Waals surface area (Å²) < 4.78 is 5.26. The first kappa shape index (κ1) is 19.8. The number of nitrogens with zero attached hydrogens (tertiary/aromatic N) is 2. The van der Waals surface area contributed by atoms with Gasteiger partial charge in [0, 0.05) is 29.7 Å². The van der Waals surface area contributed by atoms with E-state index < -0.39 is 5.91 Å². The van der Waals surface area contributed by atoms with Crippen molar-refractivity contribution in [1.82, 2.24) is 4.90 Å². The third kappa shape index (κ3) is 3.61. The molecule has 0 spiro atoms. The van der Waals surface area contributed by atoms with Crippen LogP contribution >= 0.6 is 23.2 Å². The van der Waals surface area contributed by atoms with E-state index in [4.69, 9.17) is 27.9 Å². The Morgan fingerprint density at radius 2 is 1.69 bits per heavy atom. The van der Waals surface area contributed by atoms with Gasteiger partial charge in [-0.05, 0) is 43.5 Å². The second-order valence-electron chi connectivity index (χ2n) is 7.04. The molecule has 0 N–H and O–H groups in total. The van der Waals surface area contributed by atoms with Crippen molar-refractivity contribution >= 4 is 46.3 Å². The molecule has 2 aromatic rings. The van der Waals surface area contributed by atoms with Gasteiger partial charge in [-0.1, -0.05) is 35.3 Å². The van der Waals surface area contributed by atoms with Crippen molar-refractivity contribution in [2.45, 2.75) is 19.3 Å². The molecule has 2 aliphatic rings. The van der Waals surface area contributed by atoms with E-state index >= 15 is 0 Å². The van der Waals surface area contributed by atoms with Gasteiger partial charge >= 0.3 is 0 Å². The van der Waals surface area contributed by atoms with E-state index in [0.29, 0.717) is 38.3 Å². The molecule has 29 heavy (non-hydrogen) atoms. The molecule has 2 aromatic carbocycles. The third-order valence-corrected chi connectivity index (χ3v) is 5.79. The number of imide groups is 1. The summed E-state index contributed by atoms with van der Waals surface area (Å²) in [5, 5.41) is 0.816. The van der Waals surface area contributed by atoms with Crippen LogP contribution in [0, 0.1) is 0 Å². The van der Waals surface area contributed by atoms with Crippen LogP contribution in [0.25, 0.3) is 5.57 Å². The summed E-state index contributed by atoms with van der Waals surface area (Å²) in [5.74, 6) is -0.167. The molecule has 2 heterocycles. The fourth-order valence-electron chi connectivity index (χ4n) is 3.85. The number of hydrogen-bond acceptors (Lipinski definition) is 4. The Morgan fingerprint density at radius 1 is 0.931 bits per heavy atom. The van der Waals surface area contributed by atoms with Gasteiger partial charge in [0.2, 0.25) is 0 Å². The predicted octanol–water partition coefficient (Wildman–Crippen LogP) is 4.77. The minimum atomic E-state index is -0.395. The molecule has 0 aliphatic carbocycles. The van der Waals surface area contributed by atoms with E-state index in [2.05, 4.69) is 0 Å². The molecule has 2 amide bonds. The lowest BCUT2D eigenvalue weighted by Crippen LogP contribution is -2.37. The SMILES string of the molecule is COc1cccc(N2C(=O)C(c3ccc(Cl)cc3Cl)=C(N3CCCCC3)C2=O)c1. The molecule has 0 aromatic heterocycles. The second-order valence-corrected chi connectivity index (χ2v) is 7.89. The second kappa shape index (κ2) is 8.09. The molecular formula is C22H20Cl2N2O3. The first-order valence-electron chi connectivity index (χ1n) is 9.48. The Labute approximate surface area is 179 Å². The molecule has 0 atom stereocenters. The fourth-order valence-corrected chi connectivity index (χ4v) is 4.35. The van der Waals surface area contributed by atoms with Gasteiger partial charge in [-0.15, -0.1) is 0 Å². The minimum Gasteiger partial charge on any atom is -0.497 e. The minimum absolute atomic E-state index is 0.321. The highest BCUT2D eigenvalue weighted by Crippen LogP contribution is 2.39. The lowest BCUT2D eigenvalue weighted by atomic mass is 10.0. The van der Waals surface area contributed by atoms with Crippen molar-refractivity contribution in [2.24, 2.45) is 0 Å². The number of rotatable bonds is 4. The summed E-state index contributed by atoms with van der Waals surface area (Å²) in [6.45, 7) is 1.46. The van der Waals surface area contributed by atoms with Crippen LogP contribution in [0.3, 0.4) is 0 Å². The molecule has 2 aliphatic heterocycles. The highest BCUT2D eigenvalue weighted by Gasteiger charge is 2.43. The number of ether oxygens (including phenoxy) is 1. The Morgan fingerprint density at radius 3 is 2.38 bits per heavy atom. The Kier molecular flexibility index (Phi) is 5.52. The molecule has 0 unspecified atom stereocenters. The number of benzene rings is 2. The average Bonchev–Trinajstić information content (AvgIpc) is 2.99. The van der Waals surface area contributed by atoms with E-state index in [-0.39, 0.29) is 5.91 Å². The Hall–Kier alpha value is -2.50. The van der Waals surface area contributed by atoms with Crippen molar-refractivity contribution in [3.05, 3.63) is 63.8 Å². The smallest absolute Gasteiger partial charge is 0.282 e. The van der Waals surface area contributed by atoms with Crippen molar-refractivity contribution < 1.29 is 14.3 Å². The summed E-state index contributed by atoms with van der Waals surface area (Å²) in [5.41, 5.74) is 1.71.